The van der Waals surface area contributed by atoms with Crippen molar-refractivity contribution < 1.29 is 9.53 Å². The number of likely N-dealkylation sites (tertiary alicyclic amines) is 1. The number of ether oxygens (including phenoxy) is 1. The van der Waals surface area contributed by atoms with Crippen LogP contribution in [0.3, 0.4) is 0 Å². The Hall–Kier alpha value is -1.46. The summed E-state index contributed by atoms with van der Waals surface area (Å²) < 4.78 is 4.75. The second kappa shape index (κ2) is 8.86. The van der Waals surface area contributed by atoms with E-state index in [0.717, 1.165) is 44.9 Å². The Balaban J connectivity index is 2.26. The quantitative estimate of drug-likeness (QED) is 0.474. The highest BCUT2D eigenvalue weighted by Crippen LogP contribution is 2.19. The minimum Gasteiger partial charge on any atom is -0.453 e. The van der Waals surface area contributed by atoms with Crippen molar-refractivity contribution in [3.05, 3.63) is 0 Å². The molecule has 1 aliphatic rings. The van der Waals surface area contributed by atoms with Crippen molar-refractivity contribution in [2.24, 2.45) is 10.4 Å². The highest BCUT2D eigenvalue weighted by molar-refractivity contribution is 5.80. The van der Waals surface area contributed by atoms with E-state index in [0.29, 0.717) is 11.5 Å². The van der Waals surface area contributed by atoms with Gasteiger partial charge in [0.2, 0.25) is 0 Å². The largest absolute Gasteiger partial charge is 0.453 e. The van der Waals surface area contributed by atoms with Crippen LogP contribution in [-0.2, 0) is 4.74 Å². The Kier molecular flexibility index (Phi) is 7.48. The number of carbonyl (C=O) groups excluding carboxylic acids is 1. The van der Waals surface area contributed by atoms with Crippen molar-refractivity contribution in [1.29, 1.82) is 0 Å². The smallest absolute Gasteiger partial charge is 0.409 e. The SMILES string of the molecule is CN=C(NCCCC(C)(C)C)NC1CCN(C(=O)OC)CC1. The van der Waals surface area contributed by atoms with E-state index in [4.69, 9.17) is 4.74 Å². The third-order valence-electron chi connectivity index (χ3n) is 3.89. The fourth-order valence-electron chi connectivity index (χ4n) is 2.55. The van der Waals surface area contributed by atoms with E-state index in [1.165, 1.54) is 13.5 Å². The minimum absolute atomic E-state index is 0.233. The van der Waals surface area contributed by atoms with E-state index in [9.17, 15) is 4.79 Å². The summed E-state index contributed by atoms with van der Waals surface area (Å²) in [5.41, 5.74) is 0.374. The predicted octanol–water partition coefficient (Wildman–Crippen LogP) is 2.21. The third kappa shape index (κ3) is 7.00. The number of nitrogens with zero attached hydrogens (tertiary/aromatic N) is 2. The van der Waals surface area contributed by atoms with Gasteiger partial charge in [0.25, 0.3) is 0 Å². The highest BCUT2D eigenvalue weighted by atomic mass is 16.5. The number of rotatable bonds is 4. The van der Waals surface area contributed by atoms with Crippen molar-refractivity contribution in [2.75, 3.05) is 33.8 Å². The van der Waals surface area contributed by atoms with Crippen LogP contribution < -0.4 is 10.6 Å². The molecule has 1 amide bonds. The molecule has 1 aliphatic heterocycles. The summed E-state index contributed by atoms with van der Waals surface area (Å²) >= 11 is 0. The molecular formula is C16H32N4O2. The van der Waals surface area contributed by atoms with Crippen LogP contribution in [-0.4, -0.2) is 56.8 Å². The molecule has 1 saturated heterocycles. The zero-order chi connectivity index (χ0) is 16.6. The second-order valence-electron chi connectivity index (χ2n) is 7.04. The second-order valence-corrected chi connectivity index (χ2v) is 7.04. The van der Waals surface area contributed by atoms with E-state index < -0.39 is 0 Å². The molecule has 0 saturated carbocycles. The maximum Gasteiger partial charge on any atom is 0.409 e. The fourth-order valence-corrected chi connectivity index (χ4v) is 2.55. The summed E-state index contributed by atoms with van der Waals surface area (Å²) in [4.78, 5) is 17.5. The zero-order valence-electron chi connectivity index (χ0n) is 14.7. The maximum absolute atomic E-state index is 11.5. The molecule has 0 aromatic rings. The van der Waals surface area contributed by atoms with Crippen LogP contribution in [0.1, 0.15) is 46.5 Å². The van der Waals surface area contributed by atoms with Crippen molar-refractivity contribution >= 4 is 12.1 Å². The monoisotopic (exact) mass is 312 g/mol. The van der Waals surface area contributed by atoms with Gasteiger partial charge in [-0.3, -0.25) is 4.99 Å². The molecule has 6 nitrogen and oxygen atoms in total. The number of amides is 1. The van der Waals surface area contributed by atoms with Gasteiger partial charge in [0, 0.05) is 32.7 Å². The summed E-state index contributed by atoms with van der Waals surface area (Å²) in [5.74, 6) is 0.852. The fraction of sp³-hybridized carbons (Fsp3) is 0.875. The highest BCUT2D eigenvalue weighted by Gasteiger charge is 2.23. The molecule has 2 N–H and O–H groups in total. The summed E-state index contributed by atoms with van der Waals surface area (Å²) in [5, 5.41) is 6.81. The first-order chi connectivity index (χ1) is 10.4. The van der Waals surface area contributed by atoms with Crippen LogP contribution in [0.4, 0.5) is 4.79 Å². The number of carbonyl (C=O) groups is 1. The molecule has 128 valence electrons. The lowest BCUT2D eigenvalue weighted by Gasteiger charge is -2.32. The summed E-state index contributed by atoms with van der Waals surface area (Å²) in [6.45, 7) is 9.16. The number of aliphatic imine (C=N–C) groups is 1. The van der Waals surface area contributed by atoms with Gasteiger partial charge >= 0.3 is 6.09 Å². The van der Waals surface area contributed by atoms with Crippen LogP contribution in [0.15, 0.2) is 4.99 Å². The normalized spacial score (nSPS) is 17.3. The van der Waals surface area contributed by atoms with Crippen LogP contribution >= 0.6 is 0 Å². The molecule has 0 bridgehead atoms. The van der Waals surface area contributed by atoms with Gasteiger partial charge in [-0.25, -0.2) is 4.79 Å². The molecule has 1 fully saturated rings. The van der Waals surface area contributed by atoms with Gasteiger partial charge in [-0.05, 0) is 31.1 Å². The van der Waals surface area contributed by atoms with E-state index in [2.05, 4.69) is 36.4 Å². The molecule has 0 aromatic carbocycles. The Morgan fingerprint density at radius 2 is 1.95 bits per heavy atom. The van der Waals surface area contributed by atoms with Crippen LogP contribution in [0, 0.1) is 5.41 Å². The molecule has 22 heavy (non-hydrogen) atoms. The number of methoxy groups -OCH3 is 1. The van der Waals surface area contributed by atoms with E-state index in [1.54, 1.807) is 11.9 Å². The van der Waals surface area contributed by atoms with Crippen LogP contribution in [0.2, 0.25) is 0 Å². The molecule has 0 unspecified atom stereocenters. The Morgan fingerprint density at radius 1 is 1.32 bits per heavy atom. The van der Waals surface area contributed by atoms with Crippen molar-refractivity contribution in [3.63, 3.8) is 0 Å². The zero-order valence-corrected chi connectivity index (χ0v) is 14.7. The van der Waals surface area contributed by atoms with Crippen molar-refractivity contribution in [1.82, 2.24) is 15.5 Å². The summed E-state index contributed by atoms with van der Waals surface area (Å²) in [7, 11) is 3.22. The number of hydrogen-bond donors (Lipinski definition) is 2. The van der Waals surface area contributed by atoms with Gasteiger partial charge in [0.15, 0.2) is 5.96 Å². The van der Waals surface area contributed by atoms with Gasteiger partial charge in [0.1, 0.15) is 0 Å². The lowest BCUT2D eigenvalue weighted by atomic mass is 9.91. The maximum atomic E-state index is 11.5. The third-order valence-corrected chi connectivity index (χ3v) is 3.89. The number of nitrogens with one attached hydrogen (secondary N) is 2. The van der Waals surface area contributed by atoms with Crippen LogP contribution in [0.25, 0.3) is 0 Å². The lowest BCUT2D eigenvalue weighted by Crippen LogP contribution is -2.49. The molecule has 0 aromatic heterocycles. The van der Waals surface area contributed by atoms with E-state index in [-0.39, 0.29) is 6.09 Å². The molecule has 0 atom stereocenters. The van der Waals surface area contributed by atoms with Gasteiger partial charge in [-0.2, -0.15) is 0 Å². The molecule has 0 spiro atoms. The van der Waals surface area contributed by atoms with Crippen molar-refractivity contribution in [3.8, 4) is 0 Å². The summed E-state index contributed by atoms with van der Waals surface area (Å²) in [6.07, 6.45) is 3.91. The van der Waals surface area contributed by atoms with Gasteiger partial charge in [-0.15, -0.1) is 0 Å². The predicted molar refractivity (Wildman–Crippen MR) is 90.2 cm³/mol. The molecule has 0 radical (unpaired) electrons. The number of piperidine rings is 1. The van der Waals surface area contributed by atoms with Crippen molar-refractivity contribution in [2.45, 2.75) is 52.5 Å². The molecule has 0 aliphatic carbocycles. The van der Waals surface area contributed by atoms with E-state index in [1.807, 2.05) is 0 Å². The molecule has 1 rings (SSSR count). The van der Waals surface area contributed by atoms with Crippen LogP contribution in [0.5, 0.6) is 0 Å². The topological polar surface area (TPSA) is 66.0 Å². The lowest BCUT2D eigenvalue weighted by molar-refractivity contribution is 0.111. The first-order valence-electron chi connectivity index (χ1n) is 8.16. The Morgan fingerprint density at radius 3 is 2.45 bits per heavy atom. The number of guanidine groups is 1. The van der Waals surface area contributed by atoms with Gasteiger partial charge < -0.3 is 20.3 Å². The first-order valence-corrected chi connectivity index (χ1v) is 8.16. The summed E-state index contributed by atoms with van der Waals surface area (Å²) in [6, 6.07) is 0.356. The minimum atomic E-state index is -0.233. The molecule has 1 heterocycles. The Bertz CT molecular complexity index is 369. The van der Waals surface area contributed by atoms with Gasteiger partial charge in [-0.1, -0.05) is 20.8 Å². The average molecular weight is 312 g/mol. The van der Waals surface area contributed by atoms with Gasteiger partial charge in [0.05, 0.1) is 7.11 Å². The van der Waals surface area contributed by atoms with E-state index >= 15 is 0 Å². The molecule has 6 heteroatoms. The Labute approximate surface area is 134 Å². The standard InChI is InChI=1S/C16H32N4O2/c1-16(2,3)9-6-10-18-14(17-4)19-13-7-11-20(12-8-13)15(21)22-5/h13H,6-12H2,1-5H3,(H2,17,18,19). The first kappa shape index (κ1) is 18.6. The number of hydrogen-bond acceptors (Lipinski definition) is 3. The average Bonchev–Trinajstić information content (AvgIpc) is 2.49. The molecular weight excluding hydrogens is 280 g/mol.